The molecule has 2 rings (SSSR count). The van der Waals surface area contributed by atoms with Crippen molar-refractivity contribution in [1.29, 1.82) is 0 Å². The Kier molecular flexibility index (Phi) is 4.23. The molecule has 0 spiro atoms. The molecule has 0 aromatic carbocycles. The zero-order valence-electron chi connectivity index (χ0n) is 10.0. The predicted octanol–water partition coefficient (Wildman–Crippen LogP) is 1.58. The highest BCUT2D eigenvalue weighted by Gasteiger charge is 2.23. The number of thioether (sulfide) groups is 1. The number of hydrogen-bond acceptors (Lipinski definition) is 4. The molecule has 2 unspecified atom stereocenters. The Hall–Kier alpha value is -0.550. The van der Waals surface area contributed by atoms with E-state index in [2.05, 4.69) is 21.7 Å². The molecule has 1 heterocycles. The molecule has 1 aliphatic carbocycles. The van der Waals surface area contributed by atoms with Gasteiger partial charge in [-0.15, -0.1) is 0 Å². The maximum absolute atomic E-state index is 4.28. The molecule has 1 aliphatic rings. The summed E-state index contributed by atoms with van der Waals surface area (Å²) < 4.78 is 1.75. The number of rotatable bonds is 4. The summed E-state index contributed by atoms with van der Waals surface area (Å²) in [6.07, 6.45) is 9.33. The normalized spacial score (nSPS) is 25.9. The van der Waals surface area contributed by atoms with Crippen LogP contribution >= 0.6 is 11.8 Å². The summed E-state index contributed by atoms with van der Waals surface area (Å²) in [6, 6.07) is 0.632. The molecule has 0 amide bonds. The highest BCUT2D eigenvalue weighted by atomic mass is 32.2. The van der Waals surface area contributed by atoms with E-state index in [9.17, 15) is 0 Å². The van der Waals surface area contributed by atoms with Gasteiger partial charge in [0.2, 0.25) is 0 Å². The number of nitrogens with zero attached hydrogens (tertiary/aromatic N) is 3. The Labute approximate surface area is 101 Å². The first-order valence-corrected chi connectivity index (χ1v) is 7.19. The Bertz CT molecular complexity index is 326. The van der Waals surface area contributed by atoms with E-state index in [1.807, 2.05) is 18.8 Å². The van der Waals surface area contributed by atoms with Crippen LogP contribution in [0, 0.1) is 0 Å². The van der Waals surface area contributed by atoms with Crippen LogP contribution in [0.1, 0.15) is 31.5 Å². The maximum atomic E-state index is 4.28. The zero-order chi connectivity index (χ0) is 11.4. The minimum absolute atomic E-state index is 0.632. The molecular formula is C11H20N4S. The molecule has 16 heavy (non-hydrogen) atoms. The second kappa shape index (κ2) is 5.68. The Morgan fingerprint density at radius 3 is 3.00 bits per heavy atom. The smallest absolute Gasteiger partial charge is 0.164 e. The Morgan fingerprint density at radius 2 is 2.31 bits per heavy atom. The van der Waals surface area contributed by atoms with Gasteiger partial charge >= 0.3 is 0 Å². The van der Waals surface area contributed by atoms with Gasteiger partial charge in [-0.3, -0.25) is 4.68 Å². The van der Waals surface area contributed by atoms with Gasteiger partial charge in [-0.1, -0.05) is 12.8 Å². The standard InChI is InChI=1S/C11H20N4S/c1-15-8-13-11(14-15)7-12-9-5-3-4-6-10(9)16-2/h8-10,12H,3-7H2,1-2H3. The third-order valence-corrected chi connectivity index (χ3v) is 4.34. The molecule has 0 bridgehead atoms. The van der Waals surface area contributed by atoms with E-state index in [1.54, 1.807) is 11.0 Å². The van der Waals surface area contributed by atoms with Crippen molar-refractivity contribution in [3.63, 3.8) is 0 Å². The summed E-state index contributed by atoms with van der Waals surface area (Å²) in [6.45, 7) is 0.794. The van der Waals surface area contributed by atoms with Crippen LogP contribution in [0.4, 0.5) is 0 Å². The Balaban J connectivity index is 1.84. The van der Waals surface area contributed by atoms with Crippen molar-refractivity contribution in [3.8, 4) is 0 Å². The van der Waals surface area contributed by atoms with Crippen LogP contribution in [-0.2, 0) is 13.6 Å². The van der Waals surface area contributed by atoms with Crippen LogP contribution in [0.5, 0.6) is 0 Å². The lowest BCUT2D eigenvalue weighted by atomic mass is 9.95. The molecule has 2 atom stereocenters. The second-order valence-electron chi connectivity index (χ2n) is 4.38. The third-order valence-electron chi connectivity index (χ3n) is 3.17. The quantitative estimate of drug-likeness (QED) is 0.867. The molecule has 1 fully saturated rings. The first-order valence-electron chi connectivity index (χ1n) is 5.90. The summed E-state index contributed by atoms with van der Waals surface area (Å²) in [5.74, 6) is 0.896. The van der Waals surface area contributed by atoms with E-state index in [-0.39, 0.29) is 0 Å². The lowest BCUT2D eigenvalue weighted by Gasteiger charge is -2.30. The van der Waals surface area contributed by atoms with E-state index < -0.39 is 0 Å². The molecule has 4 nitrogen and oxygen atoms in total. The average Bonchev–Trinajstić information content (AvgIpc) is 2.73. The molecule has 5 heteroatoms. The van der Waals surface area contributed by atoms with Gasteiger partial charge in [-0.2, -0.15) is 16.9 Å². The van der Waals surface area contributed by atoms with Gasteiger partial charge in [-0.25, -0.2) is 4.98 Å². The molecule has 90 valence electrons. The van der Waals surface area contributed by atoms with Crippen LogP contribution in [0.2, 0.25) is 0 Å². The number of nitrogens with one attached hydrogen (secondary N) is 1. The van der Waals surface area contributed by atoms with E-state index in [4.69, 9.17) is 0 Å². The van der Waals surface area contributed by atoms with Gasteiger partial charge < -0.3 is 5.32 Å². The molecule has 0 saturated heterocycles. The van der Waals surface area contributed by atoms with Crippen molar-refractivity contribution in [2.75, 3.05) is 6.26 Å². The highest BCUT2D eigenvalue weighted by molar-refractivity contribution is 7.99. The van der Waals surface area contributed by atoms with E-state index in [0.717, 1.165) is 17.6 Å². The van der Waals surface area contributed by atoms with Gasteiger partial charge in [0.15, 0.2) is 5.82 Å². The summed E-state index contributed by atoms with van der Waals surface area (Å²) >= 11 is 1.99. The van der Waals surface area contributed by atoms with Gasteiger partial charge in [0, 0.05) is 18.3 Å². The minimum atomic E-state index is 0.632. The fourth-order valence-corrected chi connectivity index (χ4v) is 3.26. The van der Waals surface area contributed by atoms with Crippen molar-refractivity contribution in [2.45, 2.75) is 43.5 Å². The molecule has 1 N–H and O–H groups in total. The van der Waals surface area contributed by atoms with Gasteiger partial charge in [-0.05, 0) is 19.1 Å². The molecule has 1 saturated carbocycles. The predicted molar refractivity (Wildman–Crippen MR) is 67.4 cm³/mol. The van der Waals surface area contributed by atoms with Crippen LogP contribution in [-0.4, -0.2) is 32.3 Å². The largest absolute Gasteiger partial charge is 0.306 e. The summed E-state index contributed by atoms with van der Waals surface area (Å²) in [7, 11) is 1.90. The lowest BCUT2D eigenvalue weighted by molar-refractivity contribution is 0.379. The maximum Gasteiger partial charge on any atom is 0.164 e. The van der Waals surface area contributed by atoms with Gasteiger partial charge in [0.1, 0.15) is 6.33 Å². The second-order valence-corrected chi connectivity index (χ2v) is 5.46. The van der Waals surface area contributed by atoms with Gasteiger partial charge in [0.25, 0.3) is 0 Å². The van der Waals surface area contributed by atoms with Gasteiger partial charge in [0.05, 0.1) is 6.54 Å². The van der Waals surface area contributed by atoms with E-state index in [0.29, 0.717) is 6.04 Å². The van der Waals surface area contributed by atoms with Crippen molar-refractivity contribution in [3.05, 3.63) is 12.2 Å². The number of aromatic nitrogens is 3. The topological polar surface area (TPSA) is 42.7 Å². The summed E-state index contributed by atoms with van der Waals surface area (Å²) in [5, 5.41) is 8.64. The lowest BCUT2D eigenvalue weighted by Crippen LogP contribution is -2.40. The molecular weight excluding hydrogens is 220 g/mol. The fourth-order valence-electron chi connectivity index (χ4n) is 2.30. The summed E-state index contributed by atoms with van der Waals surface area (Å²) in [5.41, 5.74) is 0. The van der Waals surface area contributed by atoms with Crippen LogP contribution in [0.15, 0.2) is 6.33 Å². The zero-order valence-corrected chi connectivity index (χ0v) is 10.8. The molecule has 1 aromatic rings. The SMILES string of the molecule is CSC1CCCCC1NCc1ncn(C)n1. The molecule has 1 aromatic heterocycles. The monoisotopic (exact) mass is 240 g/mol. The Morgan fingerprint density at radius 1 is 1.50 bits per heavy atom. The average molecular weight is 240 g/mol. The van der Waals surface area contributed by atoms with Crippen molar-refractivity contribution >= 4 is 11.8 Å². The third kappa shape index (κ3) is 2.98. The van der Waals surface area contributed by atoms with E-state index >= 15 is 0 Å². The van der Waals surface area contributed by atoms with E-state index in [1.165, 1.54) is 25.7 Å². The fraction of sp³-hybridized carbons (Fsp3) is 0.818. The highest BCUT2D eigenvalue weighted by Crippen LogP contribution is 2.27. The molecule has 0 aliphatic heterocycles. The van der Waals surface area contributed by atoms with Crippen LogP contribution in [0.25, 0.3) is 0 Å². The van der Waals surface area contributed by atoms with Crippen molar-refractivity contribution < 1.29 is 0 Å². The minimum Gasteiger partial charge on any atom is -0.306 e. The first-order chi connectivity index (χ1) is 7.79. The van der Waals surface area contributed by atoms with Crippen LogP contribution < -0.4 is 5.32 Å². The number of aryl methyl sites for hydroxylation is 1. The van der Waals surface area contributed by atoms with Crippen molar-refractivity contribution in [1.82, 2.24) is 20.1 Å². The van der Waals surface area contributed by atoms with Crippen LogP contribution in [0.3, 0.4) is 0 Å². The first kappa shape index (κ1) is 11.9. The molecule has 0 radical (unpaired) electrons. The van der Waals surface area contributed by atoms with Crippen molar-refractivity contribution in [2.24, 2.45) is 7.05 Å². The number of hydrogen-bond donors (Lipinski definition) is 1. The summed E-state index contributed by atoms with van der Waals surface area (Å²) in [4.78, 5) is 4.23.